The molecule has 10 heterocycles. The zero-order valence-electron chi connectivity index (χ0n) is 77.5. The summed E-state index contributed by atoms with van der Waals surface area (Å²) in [5, 5.41) is 25.6. The maximum Gasteiger partial charge on any atom is 0.155 e. The van der Waals surface area contributed by atoms with E-state index < -0.39 is 0 Å². The first kappa shape index (κ1) is 104. The predicted octanol–water partition coefficient (Wildman–Crippen LogP) is 31.2. The average Bonchev–Trinajstić information content (AvgIpc) is 1.63. The number of furan rings is 4. The number of nitrogens with zero attached hydrogens (tertiary/aromatic N) is 6. The van der Waals surface area contributed by atoms with E-state index in [1.165, 1.54) is 78.8 Å². The van der Waals surface area contributed by atoms with Crippen LogP contribution in [0.5, 0.6) is 0 Å². The minimum Gasteiger partial charge on any atom is -0.512 e. The standard InChI is InChI=1S/2C24H16NO.C23H14NO.C18H12NO.C12H10N.C11H8N.2C5H8O2.4Ir/c2*1-16-9-11-17(12-10-16)18-13-14-25-22(15-18)21-7-4-6-20-19-5-2-3-8-23(19)26-24(20)21;1-2-7-16(8-3-1)17-13-14-24-21(15-17)20-11-6-10-19-18-9-4-5-12-22(18)25-23(19)20;1-12-9-10-19-16(11-12)15-7-4-6-14-13-5-2-3-8-17(13)20-18(14)15;1-10-7-8-12(13-9-10)11-5-3-2-4-6-11;1-2-6-10(7-3-1)11-8-4-5-9-12-11;2*1-4(6)3-5(2)7;;;;/h2*2-6,8-15H,1H3;1-10,12-15H;2-6,8-11H,1H3;2-5,7-9H,1H3;1-6,8-9H;2*3,6H,1-2H3;;;;/q6*-1;;;;;;. The first-order valence-corrected chi connectivity index (χ1v) is 44.2. The molecule has 23 rings (SSSR count). The Bertz CT molecular complexity index is 7860. The fourth-order valence-electron chi connectivity index (χ4n) is 15.4. The number of benzene rings is 13. The van der Waals surface area contributed by atoms with Crippen LogP contribution in [0, 0.1) is 64.1 Å². The quantitative estimate of drug-likeness (QED) is 0.0703. The SMILES string of the molecule is CC(=O)C=C(C)O.CC(=O)C=C(C)O.Cc1ccc(-c2[c-]cccc2)nc1.Cc1ccc(-c2ccnc(-c3[c-]ccc4c3oc3ccccc34)c2)cc1.Cc1ccc(-c2ccnc(-c3[c-]ccc4c3oc3ccccc34)c2)cc1.Cc1ccnc(-c2[c-]ccc3c2oc2ccccc23)c1.[Ir].[Ir].[Ir].[Ir].[c-]1ccc2c(oc3ccccc32)c1-c1cc(-c2ccccc2)ccn1.[c-]1ccccc1-c1ccccn1. The molecule has 0 bridgehead atoms. The third kappa shape index (κ3) is 26.5. The number of ketones is 2. The van der Waals surface area contributed by atoms with Gasteiger partial charge in [-0.25, -0.2) is 0 Å². The summed E-state index contributed by atoms with van der Waals surface area (Å²) in [5.74, 6) is -0.125. The Morgan fingerprint density at radius 2 is 0.557 bits per heavy atom. The summed E-state index contributed by atoms with van der Waals surface area (Å²) in [4.78, 5) is 46.7. The number of para-hydroxylation sites is 4. The molecule has 0 saturated carbocycles. The van der Waals surface area contributed by atoms with Crippen molar-refractivity contribution in [3.63, 3.8) is 0 Å². The number of aromatic nitrogens is 6. The number of aliphatic hydroxyl groups excluding tert-OH is 2. The normalized spacial score (nSPS) is 10.7. The van der Waals surface area contributed by atoms with Crippen LogP contribution in [0.3, 0.4) is 0 Å². The largest absolute Gasteiger partial charge is 0.512 e. The Morgan fingerprint density at radius 3 is 0.864 bits per heavy atom. The minimum absolute atomic E-state index is 0. The van der Waals surface area contributed by atoms with Gasteiger partial charge in [0.15, 0.2) is 11.6 Å². The maximum absolute atomic E-state index is 10.0. The third-order valence-corrected chi connectivity index (χ3v) is 21.8. The van der Waals surface area contributed by atoms with Crippen molar-refractivity contribution in [1.82, 2.24) is 29.9 Å². The molecule has 0 fully saturated rings. The fourth-order valence-corrected chi connectivity index (χ4v) is 15.4. The summed E-state index contributed by atoms with van der Waals surface area (Å²) >= 11 is 0. The molecular weight excluding hydrogens is 2450 g/mol. The van der Waals surface area contributed by atoms with Crippen molar-refractivity contribution in [2.75, 3.05) is 0 Å². The first-order chi connectivity index (χ1) is 66.4. The van der Waals surface area contributed by atoms with Gasteiger partial charge < -0.3 is 57.8 Å². The summed E-state index contributed by atoms with van der Waals surface area (Å²) in [7, 11) is 0. The van der Waals surface area contributed by atoms with Crippen molar-refractivity contribution in [1.29, 1.82) is 0 Å². The Morgan fingerprint density at radius 1 is 0.250 bits per heavy atom. The molecule has 0 atom stereocenters. The van der Waals surface area contributed by atoms with Gasteiger partial charge in [0, 0.05) is 151 Å². The maximum atomic E-state index is 10.0. The second-order valence-electron chi connectivity index (χ2n) is 32.2. The number of carbonyl (C=O) groups excluding carboxylic acids is 2. The summed E-state index contributed by atoms with van der Waals surface area (Å²) in [6.07, 6.45) is 13.3. The van der Waals surface area contributed by atoms with Gasteiger partial charge in [-0.05, 0) is 183 Å². The Labute approximate surface area is 867 Å². The smallest absolute Gasteiger partial charge is 0.155 e. The third-order valence-electron chi connectivity index (χ3n) is 21.8. The van der Waals surface area contributed by atoms with Crippen LogP contribution < -0.4 is 0 Å². The minimum atomic E-state index is -0.125. The van der Waals surface area contributed by atoms with Crippen molar-refractivity contribution in [3.8, 4) is 101 Å². The van der Waals surface area contributed by atoms with Crippen LogP contribution in [0.2, 0.25) is 0 Å². The van der Waals surface area contributed by atoms with Gasteiger partial charge in [0.2, 0.25) is 0 Å². The number of aliphatic hydroxyl groups is 2. The van der Waals surface area contributed by atoms with Gasteiger partial charge in [-0.15, -0.1) is 145 Å². The van der Waals surface area contributed by atoms with Crippen molar-refractivity contribution in [2.45, 2.75) is 55.4 Å². The number of allylic oxidation sites excluding steroid dienone is 4. The van der Waals surface area contributed by atoms with Crippen LogP contribution in [0.25, 0.3) is 189 Å². The number of hydrogen-bond donors (Lipinski definition) is 2. The van der Waals surface area contributed by atoms with Crippen LogP contribution in [-0.2, 0) is 90.0 Å². The van der Waals surface area contributed by atoms with E-state index in [2.05, 4.69) is 214 Å². The second kappa shape index (κ2) is 50.3. The Balaban J connectivity index is 0.000000148. The number of aryl methyl sites for hydroxylation is 4. The van der Waals surface area contributed by atoms with E-state index >= 15 is 0 Å². The van der Waals surface area contributed by atoms with Gasteiger partial charge in [0.25, 0.3) is 0 Å². The summed E-state index contributed by atoms with van der Waals surface area (Å²) in [5.41, 5.74) is 29.8. The number of hydrogen-bond acceptors (Lipinski definition) is 14. The molecular formula is C122H92Ir4N6O8-6. The topological polar surface area (TPSA) is 204 Å². The molecule has 0 spiro atoms. The van der Waals surface area contributed by atoms with Gasteiger partial charge in [-0.1, -0.05) is 261 Å². The molecule has 13 aromatic carbocycles. The number of carbonyl (C=O) groups is 2. The molecule has 0 amide bonds. The van der Waals surface area contributed by atoms with Crippen molar-refractivity contribution in [3.05, 3.63) is 471 Å². The molecule has 700 valence electrons. The molecule has 0 aliphatic heterocycles. The van der Waals surface area contributed by atoms with Crippen molar-refractivity contribution >= 4 is 99.3 Å². The Hall–Kier alpha value is -15.0. The zero-order chi connectivity index (χ0) is 94.2. The van der Waals surface area contributed by atoms with E-state index in [-0.39, 0.29) is 104 Å². The van der Waals surface area contributed by atoms with Gasteiger partial charge >= 0.3 is 0 Å². The van der Waals surface area contributed by atoms with Crippen molar-refractivity contribution < 1.29 is 118 Å². The van der Waals surface area contributed by atoms with Gasteiger partial charge in [0.1, 0.15) is 22.3 Å². The molecule has 140 heavy (non-hydrogen) atoms. The summed E-state index contributed by atoms with van der Waals surface area (Å²) < 4.78 is 24.4. The fraction of sp³-hybridized carbons (Fsp3) is 0.0656. The molecule has 4 radical (unpaired) electrons. The number of rotatable bonds is 11. The van der Waals surface area contributed by atoms with E-state index in [0.717, 1.165) is 172 Å². The zero-order valence-corrected chi connectivity index (χ0v) is 87.0. The van der Waals surface area contributed by atoms with Crippen molar-refractivity contribution in [2.24, 2.45) is 0 Å². The van der Waals surface area contributed by atoms with Crippen LogP contribution in [0.4, 0.5) is 0 Å². The molecule has 23 aromatic rings. The van der Waals surface area contributed by atoms with E-state index in [1.54, 1.807) is 6.20 Å². The van der Waals surface area contributed by atoms with Gasteiger partial charge in [0.05, 0.1) is 33.9 Å². The molecule has 2 N–H and O–H groups in total. The second-order valence-corrected chi connectivity index (χ2v) is 32.2. The van der Waals surface area contributed by atoms with Crippen LogP contribution >= 0.6 is 0 Å². The number of pyridine rings is 6. The van der Waals surface area contributed by atoms with Crippen LogP contribution in [0.15, 0.2) is 430 Å². The number of fused-ring (bicyclic) bond motifs is 12. The Kier molecular flexibility index (Phi) is 37.4. The monoisotopic (exact) mass is 2540 g/mol. The molecule has 0 unspecified atom stereocenters. The first-order valence-electron chi connectivity index (χ1n) is 44.2. The van der Waals surface area contributed by atoms with Gasteiger partial charge in [-0.2, -0.15) is 0 Å². The van der Waals surface area contributed by atoms with E-state index in [1.807, 2.05) is 262 Å². The average molecular weight is 2540 g/mol. The van der Waals surface area contributed by atoms with Crippen LogP contribution in [0.1, 0.15) is 49.9 Å². The summed E-state index contributed by atoms with van der Waals surface area (Å²) in [6, 6.07) is 137. The van der Waals surface area contributed by atoms with E-state index in [0.29, 0.717) is 0 Å². The molecule has 0 aliphatic rings. The van der Waals surface area contributed by atoms with Crippen LogP contribution in [-0.4, -0.2) is 51.7 Å². The molecule has 0 saturated heterocycles. The van der Waals surface area contributed by atoms with Gasteiger partial charge in [-0.3, -0.25) is 9.59 Å². The molecule has 14 nitrogen and oxygen atoms in total. The summed E-state index contributed by atoms with van der Waals surface area (Å²) in [6.45, 7) is 14.0. The van der Waals surface area contributed by atoms with E-state index in [9.17, 15) is 9.59 Å². The molecule has 0 aliphatic carbocycles. The molecule has 18 heteroatoms. The molecule has 10 aromatic heterocycles. The van der Waals surface area contributed by atoms with E-state index in [4.69, 9.17) is 27.9 Å². The predicted molar refractivity (Wildman–Crippen MR) is 550 cm³/mol.